The molecule has 1 amide bonds. The van der Waals surface area contributed by atoms with Gasteiger partial charge < -0.3 is 14.8 Å². The molecule has 0 atom stereocenters. The zero-order chi connectivity index (χ0) is 23.8. The third kappa shape index (κ3) is 3.87. The summed E-state index contributed by atoms with van der Waals surface area (Å²) < 4.78 is 5.33. The van der Waals surface area contributed by atoms with E-state index in [2.05, 4.69) is 15.5 Å². The maximum atomic E-state index is 13.5. The van der Waals surface area contributed by atoms with Crippen LogP contribution in [0.3, 0.4) is 0 Å². The van der Waals surface area contributed by atoms with Gasteiger partial charge in [-0.1, -0.05) is 76.9 Å². The number of anilines is 1. The molecular formula is C26H17Cl2N3O3. The van der Waals surface area contributed by atoms with Gasteiger partial charge in [0.15, 0.2) is 0 Å². The van der Waals surface area contributed by atoms with Crippen molar-refractivity contribution in [3.63, 3.8) is 0 Å². The molecule has 0 unspecified atom stereocenters. The van der Waals surface area contributed by atoms with Crippen LogP contribution in [0, 0.1) is 6.92 Å². The fourth-order valence-electron chi connectivity index (χ4n) is 3.86. The Bertz CT molecular complexity index is 1550. The number of nitrogens with zero attached hydrogens (tertiary/aromatic N) is 1. The second-order valence-electron chi connectivity index (χ2n) is 7.66. The number of rotatable bonds is 5. The van der Waals surface area contributed by atoms with E-state index in [0.717, 1.165) is 0 Å². The van der Waals surface area contributed by atoms with Crippen molar-refractivity contribution in [2.45, 2.75) is 6.92 Å². The fourth-order valence-corrected chi connectivity index (χ4v) is 4.25. The Kier molecular flexibility index (Phi) is 5.69. The van der Waals surface area contributed by atoms with E-state index in [-0.39, 0.29) is 17.0 Å². The average molecular weight is 490 g/mol. The highest BCUT2D eigenvalue weighted by atomic mass is 35.5. The minimum absolute atomic E-state index is 0.231. The summed E-state index contributed by atoms with van der Waals surface area (Å²) in [4.78, 5) is 30.0. The summed E-state index contributed by atoms with van der Waals surface area (Å²) in [6.07, 6.45) is 0. The standard InChI is InChI=1S/C26H17Cl2N3O3/c1-14-21(22(31-34-14)17-9-5-6-10-19(17)28)26(33)30-23-18-12-11-16(27)13-20(18)29-24(23)25(32)15-7-3-2-4-8-15/h2-13,29H,1H3,(H,30,33). The van der Waals surface area contributed by atoms with Gasteiger partial charge >= 0.3 is 0 Å². The molecule has 5 aromatic rings. The first-order valence-corrected chi connectivity index (χ1v) is 11.1. The van der Waals surface area contributed by atoms with E-state index in [1.807, 2.05) is 6.07 Å². The molecule has 2 N–H and O–H groups in total. The SMILES string of the molecule is Cc1onc(-c2ccccc2Cl)c1C(=O)Nc1c(C(=O)c2ccccc2)[nH]c2cc(Cl)ccc12. The van der Waals surface area contributed by atoms with E-state index in [4.69, 9.17) is 27.7 Å². The summed E-state index contributed by atoms with van der Waals surface area (Å²) in [7, 11) is 0. The Hall–Kier alpha value is -3.87. The number of fused-ring (bicyclic) bond motifs is 1. The third-order valence-electron chi connectivity index (χ3n) is 5.48. The number of nitrogens with one attached hydrogen (secondary N) is 2. The summed E-state index contributed by atoms with van der Waals surface area (Å²) in [6, 6.07) is 21.0. The molecule has 0 aliphatic carbocycles. The Labute approximate surface area is 204 Å². The van der Waals surface area contributed by atoms with Gasteiger partial charge in [0.1, 0.15) is 22.7 Å². The lowest BCUT2D eigenvalue weighted by Crippen LogP contribution is -2.16. The molecular weight excluding hydrogens is 473 g/mol. The molecule has 0 aliphatic rings. The maximum absolute atomic E-state index is 13.5. The van der Waals surface area contributed by atoms with E-state index in [1.165, 1.54) is 0 Å². The third-order valence-corrected chi connectivity index (χ3v) is 6.05. The predicted molar refractivity (Wildman–Crippen MR) is 133 cm³/mol. The van der Waals surface area contributed by atoms with Crippen LogP contribution >= 0.6 is 23.2 Å². The van der Waals surface area contributed by atoms with Crippen molar-refractivity contribution in [3.05, 3.63) is 105 Å². The molecule has 0 radical (unpaired) electrons. The summed E-state index contributed by atoms with van der Waals surface area (Å²) in [6.45, 7) is 1.65. The molecule has 5 rings (SSSR count). The number of ketones is 1. The van der Waals surface area contributed by atoms with Crippen LogP contribution in [-0.2, 0) is 0 Å². The van der Waals surface area contributed by atoms with Crippen molar-refractivity contribution in [1.82, 2.24) is 10.1 Å². The molecule has 0 saturated heterocycles. The highest BCUT2D eigenvalue weighted by molar-refractivity contribution is 6.33. The lowest BCUT2D eigenvalue weighted by Gasteiger charge is -2.09. The number of halogens is 2. The molecule has 8 heteroatoms. The van der Waals surface area contributed by atoms with E-state index in [9.17, 15) is 9.59 Å². The number of amides is 1. The number of carbonyl (C=O) groups excluding carboxylic acids is 2. The van der Waals surface area contributed by atoms with Gasteiger partial charge in [0.25, 0.3) is 5.91 Å². The number of hydrogen-bond donors (Lipinski definition) is 2. The van der Waals surface area contributed by atoms with Crippen molar-refractivity contribution >= 4 is 51.5 Å². The van der Waals surface area contributed by atoms with Crippen LogP contribution in [0.2, 0.25) is 10.0 Å². The molecule has 0 spiro atoms. The van der Waals surface area contributed by atoms with Crippen molar-refractivity contribution < 1.29 is 14.1 Å². The first kappa shape index (κ1) is 21.9. The summed E-state index contributed by atoms with van der Waals surface area (Å²) in [5, 5.41) is 8.54. The fraction of sp³-hybridized carbons (Fsp3) is 0.0385. The van der Waals surface area contributed by atoms with Crippen LogP contribution in [0.15, 0.2) is 77.3 Å². The number of aryl methyl sites for hydroxylation is 1. The van der Waals surface area contributed by atoms with E-state index < -0.39 is 5.91 Å². The molecule has 0 bridgehead atoms. The molecule has 34 heavy (non-hydrogen) atoms. The van der Waals surface area contributed by atoms with Gasteiger partial charge in [0, 0.05) is 27.1 Å². The first-order valence-electron chi connectivity index (χ1n) is 10.4. The topological polar surface area (TPSA) is 88.0 Å². The molecule has 6 nitrogen and oxygen atoms in total. The van der Waals surface area contributed by atoms with Gasteiger partial charge in [-0.3, -0.25) is 9.59 Å². The van der Waals surface area contributed by atoms with Crippen LogP contribution in [0.4, 0.5) is 5.69 Å². The summed E-state index contributed by atoms with van der Waals surface area (Å²) >= 11 is 12.5. The van der Waals surface area contributed by atoms with Crippen molar-refractivity contribution in [1.29, 1.82) is 0 Å². The lowest BCUT2D eigenvalue weighted by atomic mass is 10.0. The molecule has 0 fully saturated rings. The Morgan fingerprint density at radius 1 is 0.971 bits per heavy atom. The number of aromatic amines is 1. The van der Waals surface area contributed by atoms with Gasteiger partial charge in [0.2, 0.25) is 5.78 Å². The van der Waals surface area contributed by atoms with E-state index in [0.29, 0.717) is 49.2 Å². The molecule has 2 aromatic heterocycles. The zero-order valence-corrected chi connectivity index (χ0v) is 19.4. The molecule has 168 valence electrons. The monoisotopic (exact) mass is 489 g/mol. The minimum Gasteiger partial charge on any atom is -0.360 e. The van der Waals surface area contributed by atoms with Crippen molar-refractivity contribution in [2.24, 2.45) is 0 Å². The van der Waals surface area contributed by atoms with Gasteiger partial charge in [-0.25, -0.2) is 0 Å². The van der Waals surface area contributed by atoms with Crippen molar-refractivity contribution in [3.8, 4) is 11.3 Å². The lowest BCUT2D eigenvalue weighted by molar-refractivity contribution is 0.102. The second-order valence-corrected chi connectivity index (χ2v) is 8.50. The van der Waals surface area contributed by atoms with Crippen LogP contribution in [0.25, 0.3) is 22.2 Å². The first-order chi connectivity index (χ1) is 16.4. The normalized spacial score (nSPS) is 11.0. The smallest absolute Gasteiger partial charge is 0.261 e. The Morgan fingerprint density at radius 3 is 2.47 bits per heavy atom. The van der Waals surface area contributed by atoms with Crippen LogP contribution < -0.4 is 5.32 Å². The van der Waals surface area contributed by atoms with Gasteiger partial charge in [-0.2, -0.15) is 0 Å². The maximum Gasteiger partial charge on any atom is 0.261 e. The molecule has 2 heterocycles. The number of aromatic nitrogens is 2. The summed E-state index contributed by atoms with van der Waals surface area (Å²) in [5.74, 6) is -0.422. The number of H-pyrrole nitrogens is 1. The average Bonchev–Trinajstić information content (AvgIpc) is 3.39. The highest BCUT2D eigenvalue weighted by Crippen LogP contribution is 2.34. The van der Waals surface area contributed by atoms with E-state index >= 15 is 0 Å². The minimum atomic E-state index is -0.480. The van der Waals surface area contributed by atoms with Gasteiger partial charge in [-0.15, -0.1) is 0 Å². The van der Waals surface area contributed by atoms with Gasteiger partial charge in [0.05, 0.1) is 10.7 Å². The zero-order valence-electron chi connectivity index (χ0n) is 17.9. The van der Waals surface area contributed by atoms with Crippen LogP contribution in [0.1, 0.15) is 32.2 Å². The van der Waals surface area contributed by atoms with Gasteiger partial charge in [-0.05, 0) is 31.2 Å². The second kappa shape index (κ2) is 8.82. The molecule has 0 saturated carbocycles. The summed E-state index contributed by atoms with van der Waals surface area (Å²) in [5.41, 5.74) is 2.80. The number of carbonyl (C=O) groups is 2. The van der Waals surface area contributed by atoms with Crippen LogP contribution in [0.5, 0.6) is 0 Å². The number of benzene rings is 3. The largest absolute Gasteiger partial charge is 0.360 e. The Balaban J connectivity index is 1.61. The number of hydrogen-bond acceptors (Lipinski definition) is 4. The van der Waals surface area contributed by atoms with Crippen LogP contribution in [-0.4, -0.2) is 21.8 Å². The van der Waals surface area contributed by atoms with Crippen molar-refractivity contribution in [2.75, 3.05) is 5.32 Å². The molecule has 0 aliphatic heterocycles. The quantitative estimate of drug-likeness (QED) is 0.262. The highest BCUT2D eigenvalue weighted by Gasteiger charge is 2.26. The van der Waals surface area contributed by atoms with E-state index in [1.54, 1.807) is 73.7 Å². The molecule has 3 aromatic carbocycles. The Morgan fingerprint density at radius 2 is 1.71 bits per heavy atom. The predicted octanol–water partition coefficient (Wildman–Crippen LogP) is 6.92.